The molecule has 108 valence electrons. The van der Waals surface area contributed by atoms with Crippen LogP contribution in [0.4, 0.5) is 0 Å². The smallest absolute Gasteiger partial charge is 0.242 e. The number of rotatable bonds is 6. The lowest BCUT2D eigenvalue weighted by Gasteiger charge is -2.28. The summed E-state index contributed by atoms with van der Waals surface area (Å²) in [5.74, 6) is 0. The Morgan fingerprint density at radius 1 is 1.47 bits per heavy atom. The number of nitrogens with one attached hydrogen (secondary N) is 1. The van der Waals surface area contributed by atoms with Crippen LogP contribution >= 0.6 is 27.5 Å². The first kappa shape index (κ1) is 16.9. The Balaban J connectivity index is 3.10. The van der Waals surface area contributed by atoms with E-state index in [-0.39, 0.29) is 16.5 Å². The summed E-state index contributed by atoms with van der Waals surface area (Å²) in [6.07, 6.45) is 0.914. The van der Waals surface area contributed by atoms with E-state index in [4.69, 9.17) is 16.7 Å². The van der Waals surface area contributed by atoms with Crippen LogP contribution in [0.5, 0.6) is 0 Å². The van der Waals surface area contributed by atoms with Gasteiger partial charge in [-0.3, -0.25) is 0 Å². The van der Waals surface area contributed by atoms with Crippen molar-refractivity contribution in [1.82, 2.24) is 4.72 Å². The van der Waals surface area contributed by atoms with Crippen molar-refractivity contribution in [3.8, 4) is 0 Å². The van der Waals surface area contributed by atoms with E-state index in [9.17, 15) is 8.42 Å². The first-order chi connectivity index (χ1) is 8.74. The Morgan fingerprint density at radius 2 is 2.11 bits per heavy atom. The molecule has 0 saturated carbocycles. The van der Waals surface area contributed by atoms with Crippen LogP contribution in [0, 0.1) is 0 Å². The maximum Gasteiger partial charge on any atom is 0.242 e. The molecule has 0 fully saturated rings. The maximum atomic E-state index is 12.3. The fraction of sp³-hybridized carbons (Fsp3) is 0.500. The molecule has 0 bridgehead atoms. The van der Waals surface area contributed by atoms with Crippen molar-refractivity contribution in [2.75, 3.05) is 6.61 Å². The van der Waals surface area contributed by atoms with Crippen LogP contribution in [0.3, 0.4) is 0 Å². The number of aliphatic hydroxyl groups excluding tert-OH is 1. The third kappa shape index (κ3) is 4.43. The fourth-order valence-corrected chi connectivity index (χ4v) is 4.17. The second kappa shape index (κ2) is 6.54. The second-order valence-electron chi connectivity index (χ2n) is 4.57. The molecule has 0 aliphatic heterocycles. The predicted octanol–water partition coefficient (Wildman–Crippen LogP) is 2.93. The summed E-state index contributed by atoms with van der Waals surface area (Å²) in [4.78, 5) is 0.0370. The van der Waals surface area contributed by atoms with Crippen molar-refractivity contribution < 1.29 is 13.5 Å². The van der Waals surface area contributed by atoms with Gasteiger partial charge in [0.25, 0.3) is 0 Å². The summed E-state index contributed by atoms with van der Waals surface area (Å²) in [6.45, 7) is 3.54. The predicted molar refractivity (Wildman–Crippen MR) is 79.9 cm³/mol. The van der Waals surface area contributed by atoms with E-state index in [1.54, 1.807) is 13.0 Å². The third-order valence-electron chi connectivity index (χ3n) is 3.01. The molecule has 1 rings (SSSR count). The summed E-state index contributed by atoms with van der Waals surface area (Å²) in [5.41, 5.74) is -0.690. The molecule has 0 heterocycles. The van der Waals surface area contributed by atoms with Gasteiger partial charge in [-0.2, -0.15) is 0 Å². The van der Waals surface area contributed by atoms with Gasteiger partial charge >= 0.3 is 0 Å². The summed E-state index contributed by atoms with van der Waals surface area (Å²) < 4.78 is 28.0. The molecule has 0 amide bonds. The highest BCUT2D eigenvalue weighted by Crippen LogP contribution is 2.27. The average Bonchev–Trinajstić information content (AvgIpc) is 2.27. The van der Waals surface area contributed by atoms with Gasteiger partial charge in [0, 0.05) is 16.6 Å². The van der Waals surface area contributed by atoms with E-state index in [1.165, 1.54) is 12.1 Å². The van der Waals surface area contributed by atoms with Crippen molar-refractivity contribution in [2.24, 2.45) is 0 Å². The van der Waals surface area contributed by atoms with E-state index in [0.717, 1.165) is 0 Å². The normalized spacial score (nSPS) is 15.2. The molecule has 1 atom stereocenters. The molecule has 4 nitrogen and oxygen atoms in total. The van der Waals surface area contributed by atoms with E-state index in [1.807, 2.05) is 6.92 Å². The summed E-state index contributed by atoms with van der Waals surface area (Å²) >= 11 is 9.19. The molecule has 0 spiro atoms. The van der Waals surface area contributed by atoms with E-state index in [0.29, 0.717) is 17.3 Å². The first-order valence-electron chi connectivity index (χ1n) is 5.84. The van der Waals surface area contributed by atoms with Crippen molar-refractivity contribution >= 4 is 37.6 Å². The number of halogens is 2. The van der Waals surface area contributed by atoms with Gasteiger partial charge in [0.2, 0.25) is 10.0 Å². The van der Waals surface area contributed by atoms with Crippen LogP contribution in [-0.2, 0) is 10.0 Å². The fourth-order valence-electron chi connectivity index (χ4n) is 1.62. The number of hydrogen-bond donors (Lipinski definition) is 2. The monoisotopic (exact) mass is 369 g/mol. The summed E-state index contributed by atoms with van der Waals surface area (Å²) in [6, 6.07) is 4.60. The van der Waals surface area contributed by atoms with Gasteiger partial charge in [-0.1, -0.05) is 34.5 Å². The van der Waals surface area contributed by atoms with Crippen LogP contribution in [0.2, 0.25) is 5.02 Å². The Labute approximate surface area is 127 Å². The SMILES string of the molecule is CCC(C)(CCO)NS(=O)(=O)c1ccc(Br)cc1Cl. The third-order valence-corrected chi connectivity index (χ3v) is 5.62. The van der Waals surface area contributed by atoms with Crippen LogP contribution in [0.1, 0.15) is 26.7 Å². The van der Waals surface area contributed by atoms with Gasteiger partial charge in [0.15, 0.2) is 0 Å². The highest BCUT2D eigenvalue weighted by molar-refractivity contribution is 9.10. The van der Waals surface area contributed by atoms with Crippen LogP contribution < -0.4 is 4.72 Å². The van der Waals surface area contributed by atoms with Crippen molar-refractivity contribution in [3.05, 3.63) is 27.7 Å². The Hall–Kier alpha value is -0.140. The Kier molecular flexibility index (Phi) is 5.82. The molecule has 0 radical (unpaired) electrons. The molecule has 1 aromatic carbocycles. The molecule has 0 aliphatic rings. The Morgan fingerprint density at radius 3 is 2.58 bits per heavy atom. The van der Waals surface area contributed by atoms with Crippen LogP contribution in [0.15, 0.2) is 27.6 Å². The second-order valence-corrected chi connectivity index (χ2v) is 7.54. The van der Waals surface area contributed by atoms with Gasteiger partial charge < -0.3 is 5.11 Å². The molecule has 0 aromatic heterocycles. The summed E-state index contributed by atoms with van der Waals surface area (Å²) in [5, 5.41) is 9.18. The van der Waals surface area contributed by atoms with E-state index < -0.39 is 15.6 Å². The molecule has 19 heavy (non-hydrogen) atoms. The van der Waals surface area contributed by atoms with E-state index in [2.05, 4.69) is 20.7 Å². The number of sulfonamides is 1. The summed E-state index contributed by atoms with van der Waals surface area (Å²) in [7, 11) is -3.71. The van der Waals surface area contributed by atoms with Gasteiger partial charge in [-0.15, -0.1) is 0 Å². The van der Waals surface area contributed by atoms with Crippen molar-refractivity contribution in [3.63, 3.8) is 0 Å². The lowest BCUT2D eigenvalue weighted by molar-refractivity contribution is 0.233. The molecular weight excluding hydrogens is 354 g/mol. The quantitative estimate of drug-likeness (QED) is 0.809. The molecular formula is C12H17BrClNO3S. The number of aliphatic hydroxyl groups is 1. The highest BCUT2D eigenvalue weighted by atomic mass is 79.9. The molecule has 1 aromatic rings. The minimum atomic E-state index is -3.71. The largest absolute Gasteiger partial charge is 0.396 e. The van der Waals surface area contributed by atoms with Gasteiger partial charge in [0.05, 0.1) is 5.02 Å². The average molecular weight is 371 g/mol. The standard InChI is InChI=1S/C12H17BrClNO3S/c1-3-12(2,6-7-16)15-19(17,18)11-5-4-9(13)8-10(11)14/h4-5,8,15-16H,3,6-7H2,1-2H3. The Bertz CT molecular complexity index is 550. The highest BCUT2D eigenvalue weighted by Gasteiger charge is 2.29. The van der Waals surface area contributed by atoms with Gasteiger partial charge in [-0.25, -0.2) is 13.1 Å². The lowest BCUT2D eigenvalue weighted by atomic mass is 9.97. The van der Waals surface area contributed by atoms with Crippen molar-refractivity contribution in [2.45, 2.75) is 37.1 Å². The molecule has 2 N–H and O–H groups in total. The lowest BCUT2D eigenvalue weighted by Crippen LogP contribution is -2.46. The first-order valence-corrected chi connectivity index (χ1v) is 8.49. The molecule has 0 saturated heterocycles. The zero-order valence-electron chi connectivity index (χ0n) is 10.8. The molecule has 0 aliphatic carbocycles. The van der Waals surface area contributed by atoms with Gasteiger partial charge in [0.1, 0.15) is 4.90 Å². The minimum absolute atomic E-state index is 0.0370. The minimum Gasteiger partial charge on any atom is -0.396 e. The topological polar surface area (TPSA) is 66.4 Å². The number of benzene rings is 1. The van der Waals surface area contributed by atoms with Crippen molar-refractivity contribution in [1.29, 1.82) is 0 Å². The van der Waals surface area contributed by atoms with Crippen LogP contribution in [0.25, 0.3) is 0 Å². The molecule has 7 heteroatoms. The zero-order chi connectivity index (χ0) is 14.7. The zero-order valence-corrected chi connectivity index (χ0v) is 13.9. The van der Waals surface area contributed by atoms with E-state index >= 15 is 0 Å². The molecule has 1 unspecified atom stereocenters. The van der Waals surface area contributed by atoms with Crippen LogP contribution in [-0.4, -0.2) is 25.7 Å². The maximum absolute atomic E-state index is 12.3. The number of hydrogen-bond acceptors (Lipinski definition) is 3. The van der Waals surface area contributed by atoms with Gasteiger partial charge in [-0.05, 0) is 38.0 Å².